The van der Waals surface area contributed by atoms with E-state index in [-0.39, 0.29) is 16.9 Å². The fraction of sp³-hybridized carbons (Fsp3) is 0.500. The number of nitrogens with one attached hydrogen (secondary N) is 1. The normalized spacial score (nSPS) is 17.8. The highest BCUT2D eigenvalue weighted by atomic mass is 35.5. The Bertz CT molecular complexity index is 416. The summed E-state index contributed by atoms with van der Waals surface area (Å²) in [6, 6.07) is 3.60. The Balaban J connectivity index is 2.21. The van der Waals surface area contributed by atoms with Gasteiger partial charge in [0.05, 0.1) is 5.56 Å². The first-order valence-corrected chi connectivity index (χ1v) is 6.09. The lowest BCUT2D eigenvalue weighted by atomic mass is 10.1. The summed E-state index contributed by atoms with van der Waals surface area (Å²) in [5, 5.41) is 3.19. The van der Waals surface area contributed by atoms with Crippen LogP contribution in [0.3, 0.4) is 0 Å². The van der Waals surface area contributed by atoms with Crippen molar-refractivity contribution < 1.29 is 17.9 Å². The van der Waals surface area contributed by atoms with E-state index in [0.717, 1.165) is 19.2 Å². The molecule has 0 saturated carbocycles. The quantitative estimate of drug-likeness (QED) is 0.895. The molecular weight excluding hydrogens is 267 g/mol. The van der Waals surface area contributed by atoms with E-state index in [0.29, 0.717) is 12.8 Å². The lowest BCUT2D eigenvalue weighted by Crippen LogP contribution is -2.34. The van der Waals surface area contributed by atoms with Gasteiger partial charge >= 0.3 is 6.18 Å². The van der Waals surface area contributed by atoms with Gasteiger partial charge in [0, 0.05) is 5.02 Å². The first kappa shape index (κ1) is 13.5. The van der Waals surface area contributed by atoms with Crippen molar-refractivity contribution >= 4 is 11.6 Å². The van der Waals surface area contributed by atoms with E-state index in [1.54, 1.807) is 0 Å². The number of halogens is 4. The molecule has 2 nitrogen and oxygen atoms in total. The highest BCUT2D eigenvalue weighted by Crippen LogP contribution is 2.38. The third kappa shape index (κ3) is 3.29. The zero-order valence-electron chi connectivity index (χ0n) is 9.56. The van der Waals surface area contributed by atoms with E-state index in [1.807, 2.05) is 0 Å². The molecule has 0 aromatic heterocycles. The van der Waals surface area contributed by atoms with Crippen molar-refractivity contribution in [1.82, 2.24) is 5.32 Å². The van der Waals surface area contributed by atoms with Crippen molar-refractivity contribution in [1.29, 1.82) is 0 Å². The summed E-state index contributed by atoms with van der Waals surface area (Å²) in [6.07, 6.45) is -3.21. The number of benzene rings is 1. The standard InChI is InChI=1S/C12H13ClF3NO/c13-8-1-2-11(10(7-8)12(14,15)16)18-9-3-5-17-6-4-9/h1-2,7,9,17H,3-6H2. The van der Waals surface area contributed by atoms with E-state index in [1.165, 1.54) is 12.1 Å². The number of piperidine rings is 1. The lowest BCUT2D eigenvalue weighted by Gasteiger charge is -2.25. The largest absolute Gasteiger partial charge is 0.490 e. The molecule has 0 unspecified atom stereocenters. The fourth-order valence-corrected chi connectivity index (χ4v) is 2.09. The molecule has 0 radical (unpaired) electrons. The fourth-order valence-electron chi connectivity index (χ4n) is 1.92. The average Bonchev–Trinajstić information content (AvgIpc) is 2.31. The molecule has 2 rings (SSSR count). The van der Waals surface area contributed by atoms with Crippen LogP contribution in [0, 0.1) is 0 Å². The summed E-state index contributed by atoms with van der Waals surface area (Å²) in [7, 11) is 0. The minimum absolute atomic E-state index is 0.0555. The molecule has 18 heavy (non-hydrogen) atoms. The number of rotatable bonds is 2. The average molecular weight is 280 g/mol. The van der Waals surface area contributed by atoms with E-state index in [4.69, 9.17) is 16.3 Å². The van der Waals surface area contributed by atoms with Crippen LogP contribution in [0.15, 0.2) is 18.2 Å². The summed E-state index contributed by atoms with van der Waals surface area (Å²) < 4.78 is 43.9. The molecule has 1 aromatic carbocycles. The Morgan fingerprint density at radius 3 is 2.50 bits per heavy atom. The molecule has 1 fully saturated rings. The van der Waals surface area contributed by atoms with Gasteiger partial charge in [-0.3, -0.25) is 0 Å². The van der Waals surface area contributed by atoms with Gasteiger partial charge in [0.25, 0.3) is 0 Å². The Hall–Kier alpha value is -0.940. The lowest BCUT2D eigenvalue weighted by molar-refractivity contribution is -0.139. The topological polar surface area (TPSA) is 21.3 Å². The Labute approximate surface area is 108 Å². The molecule has 1 aliphatic rings. The second kappa shape index (κ2) is 5.36. The monoisotopic (exact) mass is 279 g/mol. The third-order valence-corrected chi connectivity index (χ3v) is 3.06. The van der Waals surface area contributed by atoms with Gasteiger partial charge in [0.2, 0.25) is 0 Å². The van der Waals surface area contributed by atoms with Crippen molar-refractivity contribution in [3.05, 3.63) is 28.8 Å². The molecule has 0 spiro atoms. The van der Waals surface area contributed by atoms with Crippen LogP contribution in [-0.2, 0) is 6.18 Å². The van der Waals surface area contributed by atoms with E-state index >= 15 is 0 Å². The van der Waals surface area contributed by atoms with Gasteiger partial charge in [0.1, 0.15) is 11.9 Å². The maximum absolute atomic E-state index is 12.8. The minimum Gasteiger partial charge on any atom is -0.490 e. The van der Waals surface area contributed by atoms with Crippen molar-refractivity contribution in [2.45, 2.75) is 25.1 Å². The number of ether oxygens (including phenoxy) is 1. The van der Waals surface area contributed by atoms with E-state index < -0.39 is 11.7 Å². The zero-order chi connectivity index (χ0) is 13.2. The Morgan fingerprint density at radius 2 is 1.89 bits per heavy atom. The van der Waals surface area contributed by atoms with Crippen molar-refractivity contribution in [2.75, 3.05) is 13.1 Å². The van der Waals surface area contributed by atoms with Crippen LogP contribution in [0.2, 0.25) is 5.02 Å². The van der Waals surface area contributed by atoms with Crippen LogP contribution >= 0.6 is 11.6 Å². The first-order valence-electron chi connectivity index (χ1n) is 5.71. The van der Waals surface area contributed by atoms with Gasteiger partial charge in [-0.2, -0.15) is 13.2 Å². The minimum atomic E-state index is -4.45. The summed E-state index contributed by atoms with van der Waals surface area (Å²) in [6.45, 7) is 1.53. The van der Waals surface area contributed by atoms with Crippen molar-refractivity contribution in [2.24, 2.45) is 0 Å². The molecule has 6 heteroatoms. The van der Waals surface area contributed by atoms with Gasteiger partial charge in [-0.15, -0.1) is 0 Å². The maximum atomic E-state index is 12.8. The van der Waals surface area contributed by atoms with Crippen LogP contribution in [0.4, 0.5) is 13.2 Å². The molecule has 1 aromatic rings. The van der Waals surface area contributed by atoms with E-state index in [9.17, 15) is 13.2 Å². The van der Waals surface area contributed by atoms with Crippen LogP contribution < -0.4 is 10.1 Å². The van der Waals surface area contributed by atoms with Crippen LogP contribution in [0.5, 0.6) is 5.75 Å². The number of alkyl halides is 3. The summed E-state index contributed by atoms with van der Waals surface area (Å²) in [5.74, 6) is -0.140. The van der Waals surface area contributed by atoms with Gasteiger partial charge in [-0.1, -0.05) is 11.6 Å². The van der Waals surface area contributed by atoms with Gasteiger partial charge in [-0.05, 0) is 44.1 Å². The molecule has 0 atom stereocenters. The molecule has 1 saturated heterocycles. The second-order valence-electron chi connectivity index (χ2n) is 4.21. The van der Waals surface area contributed by atoms with E-state index in [2.05, 4.69) is 5.32 Å². The summed E-state index contributed by atoms with van der Waals surface area (Å²) >= 11 is 5.60. The second-order valence-corrected chi connectivity index (χ2v) is 4.64. The smallest absolute Gasteiger partial charge is 0.420 e. The van der Waals surface area contributed by atoms with Crippen LogP contribution in [0.1, 0.15) is 18.4 Å². The first-order chi connectivity index (χ1) is 8.47. The molecular formula is C12H13ClF3NO. The van der Waals surface area contributed by atoms with Crippen LogP contribution in [0.25, 0.3) is 0 Å². The number of hydrogen-bond donors (Lipinski definition) is 1. The molecule has 1 aliphatic heterocycles. The molecule has 0 bridgehead atoms. The predicted octanol–water partition coefficient (Wildman–Crippen LogP) is 3.49. The van der Waals surface area contributed by atoms with Crippen molar-refractivity contribution in [3.63, 3.8) is 0 Å². The third-order valence-electron chi connectivity index (χ3n) is 2.83. The molecule has 100 valence electrons. The molecule has 0 aliphatic carbocycles. The van der Waals surface area contributed by atoms with Gasteiger partial charge in [-0.25, -0.2) is 0 Å². The van der Waals surface area contributed by atoms with Gasteiger partial charge < -0.3 is 10.1 Å². The Morgan fingerprint density at radius 1 is 1.22 bits per heavy atom. The predicted molar refractivity (Wildman–Crippen MR) is 63.0 cm³/mol. The molecule has 1 heterocycles. The zero-order valence-corrected chi connectivity index (χ0v) is 10.3. The van der Waals surface area contributed by atoms with Crippen LogP contribution in [-0.4, -0.2) is 19.2 Å². The highest BCUT2D eigenvalue weighted by molar-refractivity contribution is 6.30. The summed E-state index contributed by atoms with van der Waals surface area (Å²) in [4.78, 5) is 0. The maximum Gasteiger partial charge on any atom is 0.420 e. The van der Waals surface area contributed by atoms with Gasteiger partial charge in [0.15, 0.2) is 0 Å². The summed E-state index contributed by atoms with van der Waals surface area (Å²) in [5.41, 5.74) is -0.812. The highest BCUT2D eigenvalue weighted by Gasteiger charge is 2.35. The Kier molecular flexibility index (Phi) is 4.02. The SMILES string of the molecule is FC(F)(F)c1cc(Cl)ccc1OC1CCNCC1. The molecule has 1 N–H and O–H groups in total. The molecule has 0 amide bonds. The number of hydrogen-bond acceptors (Lipinski definition) is 2. The van der Waals surface area contributed by atoms with Crippen molar-refractivity contribution in [3.8, 4) is 5.75 Å².